The molecule has 0 unspecified atom stereocenters. The lowest BCUT2D eigenvalue weighted by Crippen LogP contribution is -2.25. The van der Waals surface area contributed by atoms with Crippen LogP contribution in [-0.4, -0.2) is 27.2 Å². The van der Waals surface area contributed by atoms with Crippen LogP contribution in [0.5, 0.6) is 0 Å². The zero-order chi connectivity index (χ0) is 18.2. The summed E-state index contributed by atoms with van der Waals surface area (Å²) in [5.74, 6) is 0.676. The second kappa shape index (κ2) is 8.80. The molecule has 3 N–H and O–H groups in total. The van der Waals surface area contributed by atoms with Gasteiger partial charge in [-0.3, -0.25) is 9.78 Å². The zero-order valence-corrected chi connectivity index (χ0v) is 14.6. The summed E-state index contributed by atoms with van der Waals surface area (Å²) in [5, 5.41) is 7.50. The lowest BCUT2D eigenvalue weighted by molar-refractivity contribution is -0.121. The number of amides is 1. The van der Waals surface area contributed by atoms with Gasteiger partial charge < -0.3 is 11.1 Å². The Bertz CT molecular complexity index is 830. The van der Waals surface area contributed by atoms with Crippen LogP contribution < -0.4 is 11.1 Å². The molecular formula is C20H23N5O. The van der Waals surface area contributed by atoms with E-state index in [1.165, 1.54) is 0 Å². The summed E-state index contributed by atoms with van der Waals surface area (Å²) in [7, 11) is 0. The number of nitrogen functional groups attached to an aromatic ring is 1. The van der Waals surface area contributed by atoms with Crippen LogP contribution in [0.25, 0.3) is 5.69 Å². The SMILES string of the molecule is Nc1cc(CCCNC(=O)CCc2cccnc2)nn1-c1ccccc1. The van der Waals surface area contributed by atoms with Gasteiger partial charge in [-0.15, -0.1) is 0 Å². The predicted molar refractivity (Wildman–Crippen MR) is 102 cm³/mol. The molecule has 1 aromatic carbocycles. The molecule has 2 heterocycles. The first kappa shape index (κ1) is 17.7. The number of hydrogen-bond donors (Lipinski definition) is 2. The number of para-hydroxylation sites is 1. The van der Waals surface area contributed by atoms with Gasteiger partial charge in [-0.1, -0.05) is 24.3 Å². The van der Waals surface area contributed by atoms with Gasteiger partial charge in [0.2, 0.25) is 5.91 Å². The van der Waals surface area contributed by atoms with E-state index < -0.39 is 0 Å². The second-order valence-electron chi connectivity index (χ2n) is 6.12. The minimum Gasteiger partial charge on any atom is -0.384 e. The van der Waals surface area contributed by atoms with Gasteiger partial charge in [0.25, 0.3) is 0 Å². The number of aryl methyl sites for hydroxylation is 2. The maximum absolute atomic E-state index is 11.9. The molecule has 3 rings (SSSR count). The minimum atomic E-state index is 0.0585. The first-order valence-corrected chi connectivity index (χ1v) is 8.78. The van der Waals surface area contributed by atoms with Crippen LogP contribution in [0.3, 0.4) is 0 Å². The molecule has 0 saturated carbocycles. The summed E-state index contributed by atoms with van der Waals surface area (Å²) < 4.78 is 1.74. The van der Waals surface area contributed by atoms with E-state index in [1.807, 2.05) is 48.5 Å². The first-order valence-electron chi connectivity index (χ1n) is 8.78. The summed E-state index contributed by atoms with van der Waals surface area (Å²) in [6, 6.07) is 15.6. The number of benzene rings is 1. The molecule has 0 radical (unpaired) electrons. The van der Waals surface area contributed by atoms with E-state index in [0.29, 0.717) is 25.2 Å². The van der Waals surface area contributed by atoms with E-state index in [4.69, 9.17) is 5.73 Å². The van der Waals surface area contributed by atoms with Crippen molar-refractivity contribution in [2.24, 2.45) is 0 Å². The Morgan fingerprint density at radius 2 is 1.96 bits per heavy atom. The number of carbonyl (C=O) groups is 1. The average molecular weight is 349 g/mol. The molecule has 0 aliphatic rings. The standard InChI is InChI=1S/C20H23N5O/c21-19-14-17(24-25(19)18-8-2-1-3-9-18)7-5-13-23-20(26)11-10-16-6-4-12-22-15-16/h1-4,6,8-9,12,14-15H,5,7,10-11,13,21H2,(H,23,26). The van der Waals surface area contributed by atoms with Gasteiger partial charge in [-0.25, -0.2) is 4.68 Å². The van der Waals surface area contributed by atoms with Crippen molar-refractivity contribution < 1.29 is 4.79 Å². The number of nitrogens with zero attached hydrogens (tertiary/aromatic N) is 3. The Balaban J connectivity index is 1.40. The number of nitrogens with two attached hydrogens (primary N) is 1. The lowest BCUT2D eigenvalue weighted by atomic mass is 10.1. The number of anilines is 1. The monoisotopic (exact) mass is 349 g/mol. The summed E-state index contributed by atoms with van der Waals surface area (Å²) in [6.07, 6.45) is 6.30. The number of aromatic nitrogens is 3. The van der Waals surface area contributed by atoms with E-state index in [1.54, 1.807) is 17.1 Å². The van der Waals surface area contributed by atoms with Gasteiger partial charge in [0.15, 0.2) is 0 Å². The van der Waals surface area contributed by atoms with Crippen LogP contribution in [0.15, 0.2) is 60.9 Å². The molecule has 0 aliphatic carbocycles. The molecule has 6 nitrogen and oxygen atoms in total. The molecule has 1 amide bonds. The quantitative estimate of drug-likeness (QED) is 0.612. The summed E-state index contributed by atoms with van der Waals surface area (Å²) >= 11 is 0. The molecule has 0 aliphatic heterocycles. The van der Waals surface area contributed by atoms with E-state index in [-0.39, 0.29) is 5.91 Å². The Morgan fingerprint density at radius 3 is 2.73 bits per heavy atom. The minimum absolute atomic E-state index is 0.0585. The normalized spacial score (nSPS) is 10.6. The van der Waals surface area contributed by atoms with Gasteiger partial charge in [0, 0.05) is 31.4 Å². The highest BCUT2D eigenvalue weighted by atomic mass is 16.1. The maximum Gasteiger partial charge on any atom is 0.220 e. The van der Waals surface area contributed by atoms with Crippen molar-refractivity contribution in [3.63, 3.8) is 0 Å². The van der Waals surface area contributed by atoms with Gasteiger partial charge >= 0.3 is 0 Å². The predicted octanol–water partition coefficient (Wildman–Crippen LogP) is 2.53. The average Bonchev–Trinajstić information content (AvgIpc) is 3.06. The van der Waals surface area contributed by atoms with Crippen LogP contribution in [0.2, 0.25) is 0 Å². The van der Waals surface area contributed by atoms with Crippen molar-refractivity contribution in [3.8, 4) is 5.69 Å². The topological polar surface area (TPSA) is 85.8 Å². The fourth-order valence-electron chi connectivity index (χ4n) is 2.73. The molecule has 26 heavy (non-hydrogen) atoms. The molecule has 0 saturated heterocycles. The molecular weight excluding hydrogens is 326 g/mol. The van der Waals surface area contributed by atoms with Crippen molar-refractivity contribution >= 4 is 11.7 Å². The van der Waals surface area contributed by atoms with Crippen molar-refractivity contribution in [2.45, 2.75) is 25.7 Å². The third-order valence-electron chi connectivity index (χ3n) is 4.08. The number of carbonyl (C=O) groups excluding carboxylic acids is 1. The molecule has 134 valence electrons. The smallest absolute Gasteiger partial charge is 0.220 e. The summed E-state index contributed by atoms with van der Waals surface area (Å²) in [5.41, 5.74) is 8.99. The van der Waals surface area contributed by atoms with E-state index in [2.05, 4.69) is 15.4 Å². The fraction of sp³-hybridized carbons (Fsp3) is 0.250. The highest BCUT2D eigenvalue weighted by Crippen LogP contribution is 2.15. The summed E-state index contributed by atoms with van der Waals surface area (Å²) in [4.78, 5) is 16.0. The van der Waals surface area contributed by atoms with Gasteiger partial charge in [0.1, 0.15) is 5.82 Å². The Kier molecular flexibility index (Phi) is 5.98. The number of rotatable bonds is 8. The number of hydrogen-bond acceptors (Lipinski definition) is 4. The van der Waals surface area contributed by atoms with Crippen LogP contribution in [0.1, 0.15) is 24.1 Å². The number of pyridine rings is 1. The van der Waals surface area contributed by atoms with Crippen LogP contribution in [0, 0.1) is 0 Å². The van der Waals surface area contributed by atoms with Gasteiger partial charge in [-0.05, 0) is 43.0 Å². The maximum atomic E-state index is 11.9. The van der Waals surface area contributed by atoms with Crippen molar-refractivity contribution in [1.29, 1.82) is 0 Å². The van der Waals surface area contributed by atoms with Crippen molar-refractivity contribution in [3.05, 3.63) is 72.2 Å². The van der Waals surface area contributed by atoms with Crippen molar-refractivity contribution in [1.82, 2.24) is 20.1 Å². The highest BCUT2D eigenvalue weighted by Gasteiger charge is 2.07. The second-order valence-corrected chi connectivity index (χ2v) is 6.12. The molecule has 0 spiro atoms. The van der Waals surface area contributed by atoms with Gasteiger partial charge in [-0.2, -0.15) is 5.10 Å². The van der Waals surface area contributed by atoms with Crippen LogP contribution in [0.4, 0.5) is 5.82 Å². The molecule has 0 bridgehead atoms. The van der Waals surface area contributed by atoms with E-state index >= 15 is 0 Å². The van der Waals surface area contributed by atoms with Crippen molar-refractivity contribution in [2.75, 3.05) is 12.3 Å². The Labute approximate surface area is 153 Å². The number of nitrogens with one attached hydrogen (secondary N) is 1. The summed E-state index contributed by atoms with van der Waals surface area (Å²) in [6.45, 7) is 0.629. The highest BCUT2D eigenvalue weighted by molar-refractivity contribution is 5.76. The van der Waals surface area contributed by atoms with Crippen LogP contribution >= 0.6 is 0 Å². The third-order valence-corrected chi connectivity index (χ3v) is 4.08. The molecule has 2 aromatic heterocycles. The first-order chi connectivity index (χ1) is 12.7. The molecule has 3 aromatic rings. The molecule has 6 heteroatoms. The largest absolute Gasteiger partial charge is 0.384 e. The van der Waals surface area contributed by atoms with Crippen LogP contribution in [-0.2, 0) is 17.6 Å². The lowest BCUT2D eigenvalue weighted by Gasteiger charge is -2.05. The molecule has 0 fully saturated rings. The Hall–Kier alpha value is -3.15. The fourth-order valence-corrected chi connectivity index (χ4v) is 2.73. The molecule has 0 atom stereocenters. The van der Waals surface area contributed by atoms with E-state index in [9.17, 15) is 4.79 Å². The van der Waals surface area contributed by atoms with Gasteiger partial charge in [0.05, 0.1) is 11.4 Å². The zero-order valence-electron chi connectivity index (χ0n) is 14.6. The Morgan fingerprint density at radius 1 is 1.12 bits per heavy atom. The van der Waals surface area contributed by atoms with E-state index in [0.717, 1.165) is 29.8 Å². The third kappa shape index (κ3) is 4.92.